The van der Waals surface area contributed by atoms with Crippen LogP contribution in [0.2, 0.25) is 0 Å². The van der Waals surface area contributed by atoms with Crippen molar-refractivity contribution in [2.75, 3.05) is 0 Å². The number of aromatic nitrogens is 1. The van der Waals surface area contributed by atoms with Crippen molar-refractivity contribution in [2.24, 2.45) is 0 Å². The highest BCUT2D eigenvalue weighted by Gasteiger charge is 2.34. The van der Waals surface area contributed by atoms with Crippen LogP contribution in [0.15, 0.2) is 28.6 Å². The lowest BCUT2D eigenvalue weighted by Crippen LogP contribution is -2.36. The molecule has 108 valence electrons. The van der Waals surface area contributed by atoms with E-state index in [0.717, 1.165) is 14.6 Å². The van der Waals surface area contributed by atoms with E-state index in [2.05, 4.69) is 4.98 Å². The molecule has 1 aromatic heterocycles. The van der Waals surface area contributed by atoms with Crippen LogP contribution in [0.3, 0.4) is 0 Å². The fourth-order valence-corrected chi connectivity index (χ4v) is 4.02. The number of ether oxygens (including phenoxy) is 1. The highest BCUT2D eigenvalue weighted by molar-refractivity contribution is 8.03. The molecule has 0 N–H and O–H groups in total. The largest absolute Gasteiger partial charge is 0.459 e. The Morgan fingerprint density at radius 2 is 1.85 bits per heavy atom. The second-order valence-electron chi connectivity index (χ2n) is 6.06. The summed E-state index contributed by atoms with van der Waals surface area (Å²) in [4.78, 5) is 16.8. The molecule has 1 aromatic carbocycles. The van der Waals surface area contributed by atoms with Gasteiger partial charge in [-0.3, -0.25) is 4.79 Å². The minimum Gasteiger partial charge on any atom is -0.459 e. The molecule has 0 fully saturated rings. The highest BCUT2D eigenvalue weighted by Crippen LogP contribution is 2.38. The van der Waals surface area contributed by atoms with E-state index in [0.29, 0.717) is 0 Å². The van der Waals surface area contributed by atoms with Crippen LogP contribution < -0.4 is 0 Å². The van der Waals surface area contributed by atoms with E-state index < -0.39 is 10.3 Å². The summed E-state index contributed by atoms with van der Waals surface area (Å²) >= 11 is 3.06. The van der Waals surface area contributed by atoms with Gasteiger partial charge in [-0.15, -0.1) is 11.3 Å². The van der Waals surface area contributed by atoms with Crippen LogP contribution in [-0.2, 0) is 9.53 Å². The number of nitrogens with zero attached hydrogens (tertiary/aromatic N) is 1. The normalized spacial score (nSPS) is 12.7. The minimum atomic E-state index is -0.652. The van der Waals surface area contributed by atoms with Gasteiger partial charge in [0.15, 0.2) is 4.34 Å². The number of rotatable bonds is 3. The molecule has 0 bridgehead atoms. The summed E-state index contributed by atoms with van der Waals surface area (Å²) in [7, 11) is 0. The van der Waals surface area contributed by atoms with Crippen molar-refractivity contribution in [2.45, 2.75) is 49.3 Å². The molecule has 5 heteroatoms. The summed E-state index contributed by atoms with van der Waals surface area (Å²) in [6, 6.07) is 7.98. The molecular formula is C15H19NO2S2. The average molecular weight is 309 g/mol. The molecule has 0 spiro atoms. The first kappa shape index (κ1) is 15.3. The number of hydrogen-bond acceptors (Lipinski definition) is 5. The summed E-state index contributed by atoms with van der Waals surface area (Å²) in [6.07, 6.45) is 0. The van der Waals surface area contributed by atoms with E-state index in [-0.39, 0.29) is 5.97 Å². The highest BCUT2D eigenvalue weighted by atomic mass is 32.2. The maximum absolute atomic E-state index is 12.2. The van der Waals surface area contributed by atoms with Gasteiger partial charge in [0.05, 0.1) is 10.2 Å². The van der Waals surface area contributed by atoms with E-state index in [9.17, 15) is 4.79 Å². The fourth-order valence-electron chi connectivity index (χ4n) is 1.56. The van der Waals surface area contributed by atoms with Gasteiger partial charge in [-0.2, -0.15) is 0 Å². The average Bonchev–Trinajstić information content (AvgIpc) is 2.67. The lowest BCUT2D eigenvalue weighted by molar-refractivity contribution is -0.156. The number of fused-ring (bicyclic) bond motifs is 1. The summed E-state index contributed by atoms with van der Waals surface area (Å²) in [5.41, 5.74) is 0.502. The summed E-state index contributed by atoms with van der Waals surface area (Å²) in [5, 5.41) is 0. The fraction of sp³-hybridized carbons (Fsp3) is 0.467. The van der Waals surface area contributed by atoms with Gasteiger partial charge in [0.2, 0.25) is 0 Å². The number of para-hydroxylation sites is 1. The van der Waals surface area contributed by atoms with Crippen LogP contribution in [0.4, 0.5) is 0 Å². The zero-order valence-electron chi connectivity index (χ0n) is 12.4. The van der Waals surface area contributed by atoms with Gasteiger partial charge in [-0.05, 0) is 46.8 Å². The third kappa shape index (κ3) is 3.73. The molecule has 2 aromatic rings. The van der Waals surface area contributed by atoms with Crippen LogP contribution in [0.25, 0.3) is 10.2 Å². The van der Waals surface area contributed by atoms with E-state index >= 15 is 0 Å². The lowest BCUT2D eigenvalue weighted by Gasteiger charge is -2.27. The predicted molar refractivity (Wildman–Crippen MR) is 85.4 cm³/mol. The lowest BCUT2D eigenvalue weighted by atomic mass is 10.1. The standard InChI is InChI=1S/C15H19NO2S2/c1-14(2,3)18-12(17)15(4,5)20-13-16-10-8-6-7-9-11(10)19-13/h6-9H,1-5H3. The molecule has 0 radical (unpaired) electrons. The van der Waals surface area contributed by atoms with Gasteiger partial charge < -0.3 is 4.74 Å². The van der Waals surface area contributed by atoms with Crippen molar-refractivity contribution in [3.8, 4) is 0 Å². The van der Waals surface area contributed by atoms with E-state index in [1.54, 1.807) is 11.3 Å². The van der Waals surface area contributed by atoms with Gasteiger partial charge in [0.25, 0.3) is 0 Å². The Labute approximate surface area is 127 Å². The SMILES string of the molecule is CC(C)(C)OC(=O)C(C)(C)Sc1nc2ccccc2s1. The van der Waals surface area contributed by atoms with Gasteiger partial charge >= 0.3 is 5.97 Å². The Morgan fingerprint density at radius 3 is 2.45 bits per heavy atom. The third-order valence-electron chi connectivity index (χ3n) is 2.51. The first-order valence-electron chi connectivity index (χ1n) is 6.45. The van der Waals surface area contributed by atoms with E-state index in [1.165, 1.54) is 11.8 Å². The Kier molecular flexibility index (Phi) is 4.12. The number of thioether (sulfide) groups is 1. The van der Waals surface area contributed by atoms with E-state index in [1.807, 2.05) is 58.9 Å². The first-order valence-corrected chi connectivity index (χ1v) is 8.09. The molecule has 0 aliphatic rings. The molecule has 3 nitrogen and oxygen atoms in total. The van der Waals surface area contributed by atoms with Crippen LogP contribution in [-0.4, -0.2) is 21.3 Å². The van der Waals surface area contributed by atoms with Crippen LogP contribution >= 0.6 is 23.1 Å². The zero-order valence-corrected chi connectivity index (χ0v) is 14.0. The predicted octanol–water partition coefficient (Wildman–Crippen LogP) is 4.51. The topological polar surface area (TPSA) is 39.2 Å². The molecule has 0 aliphatic carbocycles. The molecule has 2 rings (SSSR count). The van der Waals surface area contributed by atoms with Crippen LogP contribution in [0.1, 0.15) is 34.6 Å². The molecule has 20 heavy (non-hydrogen) atoms. The van der Waals surface area contributed by atoms with Crippen molar-refractivity contribution in [1.29, 1.82) is 0 Å². The van der Waals surface area contributed by atoms with Crippen molar-refractivity contribution >= 4 is 39.3 Å². The second-order valence-corrected chi connectivity index (χ2v) is 8.96. The Hall–Kier alpha value is -1.07. The van der Waals surface area contributed by atoms with Crippen molar-refractivity contribution in [1.82, 2.24) is 4.98 Å². The number of esters is 1. The minimum absolute atomic E-state index is 0.214. The number of benzene rings is 1. The molecule has 0 unspecified atom stereocenters. The molecule has 1 heterocycles. The van der Waals surface area contributed by atoms with Gasteiger partial charge in [0, 0.05) is 0 Å². The molecule has 0 atom stereocenters. The van der Waals surface area contributed by atoms with Crippen molar-refractivity contribution in [3.63, 3.8) is 0 Å². The van der Waals surface area contributed by atoms with Gasteiger partial charge in [0.1, 0.15) is 10.3 Å². The van der Waals surface area contributed by atoms with Gasteiger partial charge in [-0.25, -0.2) is 4.98 Å². The van der Waals surface area contributed by atoms with Crippen molar-refractivity contribution < 1.29 is 9.53 Å². The molecular weight excluding hydrogens is 290 g/mol. The molecule has 0 aliphatic heterocycles. The molecule has 0 saturated carbocycles. The third-order valence-corrected chi connectivity index (χ3v) is 4.78. The monoisotopic (exact) mass is 309 g/mol. The zero-order chi connectivity index (χ0) is 15.0. The maximum atomic E-state index is 12.2. The van der Waals surface area contributed by atoms with Crippen molar-refractivity contribution in [3.05, 3.63) is 24.3 Å². The number of carbonyl (C=O) groups is 1. The van der Waals surface area contributed by atoms with E-state index in [4.69, 9.17) is 4.74 Å². The summed E-state index contributed by atoms with van der Waals surface area (Å²) in [6.45, 7) is 9.38. The Balaban J connectivity index is 2.16. The quantitative estimate of drug-likeness (QED) is 0.618. The van der Waals surface area contributed by atoms with Gasteiger partial charge in [-0.1, -0.05) is 23.9 Å². The smallest absolute Gasteiger partial charge is 0.322 e. The number of carbonyl (C=O) groups excluding carboxylic acids is 1. The second kappa shape index (κ2) is 5.37. The number of thiazole rings is 1. The van der Waals surface area contributed by atoms with Crippen LogP contribution in [0.5, 0.6) is 0 Å². The summed E-state index contributed by atoms with van der Waals surface area (Å²) < 4.78 is 6.84. The Morgan fingerprint density at radius 1 is 1.20 bits per heavy atom. The maximum Gasteiger partial charge on any atom is 0.322 e. The Bertz CT molecular complexity index is 593. The first-order chi connectivity index (χ1) is 9.17. The number of hydrogen-bond donors (Lipinski definition) is 0. The molecule has 0 saturated heterocycles. The van der Waals surface area contributed by atoms with Crippen LogP contribution in [0, 0.1) is 0 Å². The summed E-state index contributed by atoms with van der Waals surface area (Å²) in [5.74, 6) is -0.214. The molecule has 0 amide bonds.